The maximum Gasteiger partial charge on any atom is 0.433 e. The van der Waals surface area contributed by atoms with Crippen molar-refractivity contribution in [2.45, 2.75) is 26.4 Å². The highest BCUT2D eigenvalue weighted by atomic mass is 35.5. The van der Waals surface area contributed by atoms with Gasteiger partial charge in [0.05, 0.1) is 32.1 Å². The number of alkyl halides is 3. The zero-order valence-electron chi connectivity index (χ0n) is 22.0. The number of carbonyl (C=O) groups is 3. The molecule has 4 aromatic rings. The minimum atomic E-state index is -4.89. The molecule has 216 valence electrons. The second-order valence-electron chi connectivity index (χ2n) is 8.50. The van der Waals surface area contributed by atoms with Gasteiger partial charge in [-0.1, -0.05) is 30.7 Å². The molecular weight excluding hydrogens is 589 g/mol. The predicted molar refractivity (Wildman–Crippen MR) is 144 cm³/mol. The number of aromatic nitrogens is 3. The lowest BCUT2D eigenvalue weighted by molar-refractivity contribution is -0.142. The Labute approximate surface area is 240 Å². The molecule has 0 aliphatic carbocycles. The van der Waals surface area contributed by atoms with Gasteiger partial charge in [-0.25, -0.2) is 19.1 Å². The van der Waals surface area contributed by atoms with Gasteiger partial charge in [-0.2, -0.15) is 18.3 Å². The van der Waals surface area contributed by atoms with E-state index < -0.39 is 46.1 Å². The average molecular weight is 611 g/mol. The highest BCUT2D eigenvalue weighted by Crippen LogP contribution is 2.37. The molecule has 0 fully saturated rings. The van der Waals surface area contributed by atoms with Crippen molar-refractivity contribution in [1.82, 2.24) is 14.6 Å². The number of rotatable bonds is 8. The molecule has 0 aliphatic rings. The Bertz CT molecular complexity index is 1670. The molecule has 10 nitrogen and oxygen atoms in total. The first-order valence-electron chi connectivity index (χ1n) is 11.9. The van der Waals surface area contributed by atoms with E-state index in [4.69, 9.17) is 25.8 Å². The zero-order valence-corrected chi connectivity index (χ0v) is 23.6. The fourth-order valence-electron chi connectivity index (χ4n) is 3.83. The molecular formula is C26H22ClF3N4O6S. The number of halogens is 4. The summed E-state index contributed by atoms with van der Waals surface area (Å²) in [6.07, 6.45) is -4.38. The number of esters is 2. The lowest BCUT2D eigenvalue weighted by Crippen LogP contribution is -2.17. The van der Waals surface area contributed by atoms with Gasteiger partial charge < -0.3 is 19.5 Å². The highest BCUT2D eigenvalue weighted by molar-refractivity contribution is 7.18. The molecule has 3 aromatic heterocycles. The molecule has 0 radical (unpaired) electrons. The second-order valence-corrected chi connectivity index (χ2v) is 9.89. The molecule has 0 atom stereocenters. The van der Waals surface area contributed by atoms with Crippen molar-refractivity contribution in [3.8, 4) is 17.0 Å². The smallest absolute Gasteiger partial charge is 0.433 e. The van der Waals surface area contributed by atoms with Crippen LogP contribution in [-0.2, 0) is 15.7 Å². The summed E-state index contributed by atoms with van der Waals surface area (Å²) < 4.78 is 57.8. The van der Waals surface area contributed by atoms with Crippen molar-refractivity contribution in [2.24, 2.45) is 0 Å². The largest absolute Gasteiger partial charge is 0.497 e. The molecule has 0 aliphatic heterocycles. The van der Waals surface area contributed by atoms with Crippen LogP contribution < -0.4 is 10.1 Å². The van der Waals surface area contributed by atoms with E-state index in [1.807, 2.05) is 0 Å². The number of amides is 1. The fraction of sp³-hybridized carbons (Fsp3) is 0.269. The predicted octanol–water partition coefficient (Wildman–Crippen LogP) is 6.05. The number of ether oxygens (including phenoxy) is 3. The molecule has 1 amide bonds. The Morgan fingerprint density at radius 2 is 1.88 bits per heavy atom. The van der Waals surface area contributed by atoms with E-state index in [1.54, 1.807) is 19.1 Å². The number of thiophene rings is 1. The third-order valence-corrected chi connectivity index (χ3v) is 7.33. The zero-order chi connectivity index (χ0) is 30.1. The Hall–Kier alpha value is -4.17. The summed E-state index contributed by atoms with van der Waals surface area (Å²) in [7, 11) is 2.56. The molecule has 3 heterocycles. The summed E-state index contributed by atoms with van der Waals surface area (Å²) in [4.78, 5) is 42.6. The third kappa shape index (κ3) is 5.84. The summed E-state index contributed by atoms with van der Waals surface area (Å²) in [5, 5.41) is 5.68. The van der Waals surface area contributed by atoms with Crippen LogP contribution >= 0.6 is 22.9 Å². The first-order valence-corrected chi connectivity index (χ1v) is 13.1. The van der Waals surface area contributed by atoms with Gasteiger partial charge in [0.25, 0.3) is 5.91 Å². The van der Waals surface area contributed by atoms with Crippen LogP contribution in [0.1, 0.15) is 55.1 Å². The summed E-state index contributed by atoms with van der Waals surface area (Å²) in [6.45, 7) is 3.33. The number of fused-ring (bicyclic) bond motifs is 1. The number of methoxy groups -OCH3 is 2. The molecule has 0 saturated carbocycles. The van der Waals surface area contributed by atoms with Crippen molar-refractivity contribution >= 4 is 51.4 Å². The number of carbonyl (C=O) groups excluding carboxylic acids is 3. The van der Waals surface area contributed by atoms with E-state index in [9.17, 15) is 27.6 Å². The average Bonchev–Trinajstić information content (AvgIpc) is 3.46. The first kappa shape index (κ1) is 29.8. The molecule has 1 N–H and O–H groups in total. The molecule has 15 heteroatoms. The molecule has 0 saturated heterocycles. The van der Waals surface area contributed by atoms with E-state index in [-0.39, 0.29) is 33.3 Å². The van der Waals surface area contributed by atoms with Crippen LogP contribution in [0.4, 0.5) is 18.2 Å². The van der Waals surface area contributed by atoms with Crippen molar-refractivity contribution in [2.75, 3.05) is 26.1 Å². The first-order chi connectivity index (χ1) is 19.4. The Morgan fingerprint density at radius 3 is 2.51 bits per heavy atom. The van der Waals surface area contributed by atoms with E-state index in [0.717, 1.165) is 24.5 Å². The second kappa shape index (κ2) is 11.7. The highest BCUT2D eigenvalue weighted by Gasteiger charge is 2.37. The van der Waals surface area contributed by atoms with Crippen LogP contribution in [0.3, 0.4) is 0 Å². The lowest BCUT2D eigenvalue weighted by atomic mass is 10.1. The van der Waals surface area contributed by atoms with Crippen LogP contribution in [-0.4, -0.2) is 53.3 Å². The fourth-order valence-corrected chi connectivity index (χ4v) is 5.19. The topological polar surface area (TPSA) is 121 Å². The number of hydrogen-bond donors (Lipinski definition) is 1. The summed E-state index contributed by atoms with van der Waals surface area (Å²) in [5.74, 6) is -2.22. The van der Waals surface area contributed by atoms with Gasteiger partial charge in [-0.3, -0.25) is 4.79 Å². The summed E-state index contributed by atoms with van der Waals surface area (Å²) in [5.41, 5.74) is -1.94. The van der Waals surface area contributed by atoms with Gasteiger partial charge in [0.15, 0.2) is 17.0 Å². The molecule has 1 aromatic carbocycles. The third-order valence-electron chi connectivity index (χ3n) is 5.79. The monoisotopic (exact) mass is 610 g/mol. The molecule has 41 heavy (non-hydrogen) atoms. The molecule has 0 bridgehead atoms. The van der Waals surface area contributed by atoms with E-state index in [2.05, 4.69) is 15.4 Å². The molecule has 4 rings (SSSR count). The summed E-state index contributed by atoms with van der Waals surface area (Å²) in [6, 6.07) is 7.01. The SMILES string of the molecule is CCCOC(=O)c1c(NC(=O)c2nn3c(C(F)(F)F)cc(-c4cccc(OC)c4)nc3c2Cl)sc(C(=O)OC)c1C. The van der Waals surface area contributed by atoms with Gasteiger partial charge in [-0.15, -0.1) is 11.3 Å². The lowest BCUT2D eigenvalue weighted by Gasteiger charge is -2.11. The van der Waals surface area contributed by atoms with Crippen LogP contribution in [0.25, 0.3) is 16.9 Å². The number of benzene rings is 1. The van der Waals surface area contributed by atoms with Gasteiger partial charge in [0.2, 0.25) is 0 Å². The number of nitrogens with zero attached hydrogens (tertiary/aromatic N) is 3. The van der Waals surface area contributed by atoms with Gasteiger partial charge in [0.1, 0.15) is 20.7 Å². The van der Waals surface area contributed by atoms with Crippen molar-refractivity contribution < 1.29 is 41.8 Å². The van der Waals surface area contributed by atoms with Crippen LogP contribution in [0.5, 0.6) is 5.75 Å². The Kier molecular flexibility index (Phi) is 8.54. The van der Waals surface area contributed by atoms with E-state index >= 15 is 0 Å². The van der Waals surface area contributed by atoms with E-state index in [1.165, 1.54) is 26.2 Å². The van der Waals surface area contributed by atoms with Crippen molar-refractivity contribution in [3.05, 3.63) is 62.7 Å². The van der Waals surface area contributed by atoms with Crippen LogP contribution in [0, 0.1) is 6.92 Å². The van der Waals surface area contributed by atoms with Gasteiger partial charge >= 0.3 is 18.1 Å². The quantitative estimate of drug-likeness (QED) is 0.239. The maximum absolute atomic E-state index is 14.1. The minimum Gasteiger partial charge on any atom is -0.497 e. The van der Waals surface area contributed by atoms with Gasteiger partial charge in [0, 0.05) is 5.56 Å². The van der Waals surface area contributed by atoms with Crippen LogP contribution in [0.2, 0.25) is 5.02 Å². The van der Waals surface area contributed by atoms with Crippen molar-refractivity contribution in [3.63, 3.8) is 0 Å². The summed E-state index contributed by atoms with van der Waals surface area (Å²) >= 11 is 7.11. The normalized spacial score (nSPS) is 11.4. The van der Waals surface area contributed by atoms with Crippen molar-refractivity contribution in [1.29, 1.82) is 0 Å². The van der Waals surface area contributed by atoms with E-state index in [0.29, 0.717) is 22.2 Å². The minimum absolute atomic E-state index is 0.0244. The Balaban J connectivity index is 1.82. The molecule has 0 spiro atoms. The van der Waals surface area contributed by atoms with Crippen LogP contribution in [0.15, 0.2) is 30.3 Å². The number of anilines is 1. The molecule has 0 unspecified atom stereocenters. The van der Waals surface area contributed by atoms with Gasteiger partial charge in [-0.05, 0) is 37.1 Å². The Morgan fingerprint density at radius 1 is 1.15 bits per heavy atom. The number of nitrogens with one attached hydrogen (secondary N) is 1. The standard InChI is InChI=1S/C26H22ClF3N4O6S/c1-5-9-40-24(36)17-12(2)20(25(37)39-4)41-23(17)32-22(35)19-18(27)21-31-15(13-7-6-8-14(10-13)38-3)11-16(26(28,29)30)34(21)33-19/h6-8,10-11H,5,9H2,1-4H3,(H,32,35). The maximum atomic E-state index is 14.1. The number of hydrogen-bond acceptors (Lipinski definition) is 9.